The molecule has 0 aliphatic rings. The van der Waals surface area contributed by atoms with Gasteiger partial charge in [-0.1, -0.05) is 59.6 Å². The smallest absolute Gasteiger partial charge is 0.0451 e. The molecule has 0 aromatic heterocycles. The SMILES string of the molecule is CC(C)(C)N(Cc1ccccc1Cl)Cc1ccccc1Cl. The Bertz CT molecular complexity index is 555. The predicted molar refractivity (Wildman–Crippen MR) is 91.9 cm³/mol. The average Bonchev–Trinajstić information content (AvgIpc) is 2.41. The van der Waals surface area contributed by atoms with E-state index in [1.54, 1.807) is 0 Å². The van der Waals surface area contributed by atoms with Crippen LogP contribution in [0.4, 0.5) is 0 Å². The number of benzene rings is 2. The van der Waals surface area contributed by atoms with Gasteiger partial charge in [-0.3, -0.25) is 4.90 Å². The Morgan fingerprint density at radius 1 is 0.762 bits per heavy atom. The van der Waals surface area contributed by atoms with Crippen LogP contribution in [0.15, 0.2) is 48.5 Å². The van der Waals surface area contributed by atoms with Crippen molar-refractivity contribution < 1.29 is 0 Å². The van der Waals surface area contributed by atoms with Gasteiger partial charge in [-0.2, -0.15) is 0 Å². The number of halogens is 2. The van der Waals surface area contributed by atoms with Crippen molar-refractivity contribution in [3.05, 3.63) is 69.7 Å². The fourth-order valence-electron chi connectivity index (χ4n) is 2.19. The maximum absolute atomic E-state index is 6.30. The highest BCUT2D eigenvalue weighted by molar-refractivity contribution is 6.31. The van der Waals surface area contributed by atoms with E-state index >= 15 is 0 Å². The summed E-state index contributed by atoms with van der Waals surface area (Å²) in [6.45, 7) is 8.23. The van der Waals surface area contributed by atoms with Gasteiger partial charge in [0, 0.05) is 28.7 Å². The molecule has 3 heteroatoms. The Labute approximate surface area is 137 Å². The van der Waals surface area contributed by atoms with Gasteiger partial charge >= 0.3 is 0 Å². The molecular weight excluding hydrogens is 301 g/mol. The molecule has 0 aliphatic heterocycles. The summed E-state index contributed by atoms with van der Waals surface area (Å²) in [5.74, 6) is 0. The maximum Gasteiger partial charge on any atom is 0.0451 e. The van der Waals surface area contributed by atoms with Crippen LogP contribution in [-0.2, 0) is 13.1 Å². The summed E-state index contributed by atoms with van der Waals surface area (Å²) >= 11 is 12.6. The molecule has 1 nitrogen and oxygen atoms in total. The first-order chi connectivity index (χ1) is 9.88. The maximum atomic E-state index is 6.30. The number of rotatable bonds is 4. The van der Waals surface area contributed by atoms with Crippen molar-refractivity contribution in [3.63, 3.8) is 0 Å². The molecule has 2 rings (SSSR count). The second kappa shape index (κ2) is 6.83. The normalized spacial score (nSPS) is 11.9. The van der Waals surface area contributed by atoms with Crippen molar-refractivity contribution in [1.29, 1.82) is 0 Å². The molecule has 0 heterocycles. The molecule has 0 unspecified atom stereocenters. The van der Waals surface area contributed by atoms with Crippen molar-refractivity contribution in [2.75, 3.05) is 0 Å². The van der Waals surface area contributed by atoms with Crippen LogP contribution in [0.1, 0.15) is 31.9 Å². The summed E-state index contributed by atoms with van der Waals surface area (Å²) in [4.78, 5) is 2.38. The number of hydrogen-bond donors (Lipinski definition) is 0. The highest BCUT2D eigenvalue weighted by atomic mass is 35.5. The molecule has 0 saturated carbocycles. The zero-order valence-corrected chi connectivity index (χ0v) is 14.2. The summed E-state index contributed by atoms with van der Waals surface area (Å²) in [6.07, 6.45) is 0. The van der Waals surface area contributed by atoms with E-state index in [-0.39, 0.29) is 5.54 Å². The van der Waals surface area contributed by atoms with E-state index in [1.807, 2.05) is 36.4 Å². The van der Waals surface area contributed by atoms with Gasteiger partial charge in [0.25, 0.3) is 0 Å². The second-order valence-electron chi connectivity index (χ2n) is 6.21. The third-order valence-electron chi connectivity index (χ3n) is 3.59. The van der Waals surface area contributed by atoms with Crippen LogP contribution in [0, 0.1) is 0 Å². The highest BCUT2D eigenvalue weighted by Crippen LogP contribution is 2.26. The average molecular weight is 322 g/mol. The molecule has 0 fully saturated rings. The third-order valence-corrected chi connectivity index (χ3v) is 4.32. The lowest BCUT2D eigenvalue weighted by Crippen LogP contribution is -2.40. The molecule has 2 aromatic carbocycles. The number of hydrogen-bond acceptors (Lipinski definition) is 1. The summed E-state index contributed by atoms with van der Waals surface area (Å²) < 4.78 is 0. The Morgan fingerprint density at radius 2 is 1.14 bits per heavy atom. The van der Waals surface area contributed by atoms with E-state index in [2.05, 4.69) is 37.8 Å². The molecule has 0 atom stereocenters. The Balaban J connectivity index is 2.24. The minimum Gasteiger partial charge on any atom is -0.290 e. The molecule has 0 spiro atoms. The Morgan fingerprint density at radius 3 is 1.48 bits per heavy atom. The summed E-state index contributed by atoms with van der Waals surface area (Å²) in [6, 6.07) is 16.0. The Hall–Kier alpha value is -1.02. The van der Waals surface area contributed by atoms with Gasteiger partial charge in [-0.05, 0) is 44.0 Å². The lowest BCUT2D eigenvalue weighted by atomic mass is 10.0. The second-order valence-corrected chi connectivity index (χ2v) is 7.02. The van der Waals surface area contributed by atoms with E-state index < -0.39 is 0 Å². The molecule has 0 aliphatic carbocycles. The van der Waals surface area contributed by atoms with Gasteiger partial charge in [-0.15, -0.1) is 0 Å². The zero-order chi connectivity index (χ0) is 15.5. The van der Waals surface area contributed by atoms with Crippen molar-refractivity contribution in [2.24, 2.45) is 0 Å². The van der Waals surface area contributed by atoms with Crippen LogP contribution in [0.5, 0.6) is 0 Å². The van der Waals surface area contributed by atoms with Crippen molar-refractivity contribution in [2.45, 2.75) is 39.4 Å². The van der Waals surface area contributed by atoms with E-state index in [4.69, 9.17) is 23.2 Å². The molecule has 2 aromatic rings. The van der Waals surface area contributed by atoms with Crippen LogP contribution in [0.25, 0.3) is 0 Å². The van der Waals surface area contributed by atoms with Crippen molar-refractivity contribution in [1.82, 2.24) is 4.90 Å². The van der Waals surface area contributed by atoms with E-state index in [1.165, 1.54) is 0 Å². The standard InChI is InChI=1S/C18H21Cl2N/c1-18(2,3)21(12-14-8-4-6-10-16(14)19)13-15-9-5-7-11-17(15)20/h4-11H,12-13H2,1-3H3. The van der Waals surface area contributed by atoms with Crippen LogP contribution < -0.4 is 0 Å². The number of nitrogens with zero attached hydrogens (tertiary/aromatic N) is 1. The molecule has 0 bridgehead atoms. The monoisotopic (exact) mass is 321 g/mol. The van der Waals surface area contributed by atoms with Gasteiger partial charge in [0.1, 0.15) is 0 Å². The lowest BCUT2D eigenvalue weighted by molar-refractivity contribution is 0.119. The molecule has 0 N–H and O–H groups in total. The zero-order valence-electron chi connectivity index (χ0n) is 12.7. The minimum absolute atomic E-state index is 0.0261. The van der Waals surface area contributed by atoms with Crippen LogP contribution >= 0.6 is 23.2 Å². The molecule has 0 saturated heterocycles. The molecule has 112 valence electrons. The van der Waals surface area contributed by atoms with Gasteiger partial charge in [0.05, 0.1) is 0 Å². The van der Waals surface area contributed by atoms with Crippen LogP contribution in [0.3, 0.4) is 0 Å². The minimum atomic E-state index is 0.0261. The van der Waals surface area contributed by atoms with Gasteiger partial charge in [0.2, 0.25) is 0 Å². The molecule has 21 heavy (non-hydrogen) atoms. The first kappa shape index (κ1) is 16.4. The van der Waals surface area contributed by atoms with Gasteiger partial charge in [-0.25, -0.2) is 0 Å². The first-order valence-corrected chi connectivity index (χ1v) is 7.85. The summed E-state index contributed by atoms with van der Waals surface area (Å²) in [5, 5.41) is 1.62. The fraction of sp³-hybridized carbons (Fsp3) is 0.333. The van der Waals surface area contributed by atoms with Crippen LogP contribution in [0.2, 0.25) is 10.0 Å². The van der Waals surface area contributed by atoms with Crippen molar-refractivity contribution >= 4 is 23.2 Å². The molecule has 0 radical (unpaired) electrons. The quantitative estimate of drug-likeness (QED) is 0.688. The van der Waals surface area contributed by atoms with Gasteiger partial charge in [0.15, 0.2) is 0 Å². The van der Waals surface area contributed by atoms with Crippen molar-refractivity contribution in [3.8, 4) is 0 Å². The van der Waals surface area contributed by atoms with E-state index in [0.29, 0.717) is 0 Å². The Kier molecular flexibility index (Phi) is 5.32. The fourth-order valence-corrected chi connectivity index (χ4v) is 2.59. The largest absolute Gasteiger partial charge is 0.290 e. The van der Waals surface area contributed by atoms with E-state index in [9.17, 15) is 0 Å². The summed E-state index contributed by atoms with van der Waals surface area (Å²) in [7, 11) is 0. The summed E-state index contributed by atoms with van der Waals surface area (Å²) in [5.41, 5.74) is 2.31. The third kappa shape index (κ3) is 4.47. The van der Waals surface area contributed by atoms with E-state index in [0.717, 1.165) is 34.3 Å². The predicted octanol–water partition coefficient (Wildman–Crippen LogP) is 5.79. The first-order valence-electron chi connectivity index (χ1n) is 7.10. The highest BCUT2D eigenvalue weighted by Gasteiger charge is 2.23. The molecular formula is C18H21Cl2N. The molecule has 0 amide bonds. The van der Waals surface area contributed by atoms with Gasteiger partial charge < -0.3 is 0 Å². The lowest BCUT2D eigenvalue weighted by Gasteiger charge is -2.36. The van der Waals surface area contributed by atoms with Crippen LogP contribution in [-0.4, -0.2) is 10.4 Å². The topological polar surface area (TPSA) is 3.24 Å².